The van der Waals surface area contributed by atoms with Gasteiger partial charge < -0.3 is 20.1 Å². The Morgan fingerprint density at radius 2 is 1.72 bits per heavy atom. The van der Waals surface area contributed by atoms with E-state index in [4.69, 9.17) is 9.47 Å². The number of aryl methyl sites for hydroxylation is 1. The maximum atomic E-state index is 12.4. The van der Waals surface area contributed by atoms with E-state index in [1.165, 1.54) is 11.8 Å². The SMILES string of the molecule is COCCNC(=O)CSc1ccccc1C(=O)OCC(=O)Nc1ccccc1C. The number of carbonyl (C=O) groups excluding carboxylic acids is 3. The largest absolute Gasteiger partial charge is 0.452 e. The molecule has 0 unspecified atom stereocenters. The summed E-state index contributed by atoms with van der Waals surface area (Å²) >= 11 is 1.23. The zero-order valence-electron chi connectivity index (χ0n) is 16.4. The van der Waals surface area contributed by atoms with E-state index in [1.54, 1.807) is 37.4 Å². The summed E-state index contributed by atoms with van der Waals surface area (Å²) in [5.74, 6) is -1.04. The van der Waals surface area contributed by atoms with E-state index in [0.717, 1.165) is 5.56 Å². The van der Waals surface area contributed by atoms with Gasteiger partial charge in [-0.3, -0.25) is 9.59 Å². The first-order valence-corrected chi connectivity index (χ1v) is 10.00. The smallest absolute Gasteiger partial charge is 0.339 e. The van der Waals surface area contributed by atoms with Gasteiger partial charge in [0.2, 0.25) is 5.91 Å². The third kappa shape index (κ3) is 7.59. The molecule has 7 nitrogen and oxygen atoms in total. The molecule has 0 radical (unpaired) electrons. The summed E-state index contributed by atoms with van der Waals surface area (Å²) in [7, 11) is 1.56. The molecule has 2 amide bonds. The lowest BCUT2D eigenvalue weighted by Crippen LogP contribution is -2.28. The van der Waals surface area contributed by atoms with Gasteiger partial charge in [-0.15, -0.1) is 11.8 Å². The van der Waals surface area contributed by atoms with Crippen LogP contribution in [0.1, 0.15) is 15.9 Å². The molecule has 0 saturated carbocycles. The number of thioether (sulfide) groups is 1. The number of ether oxygens (including phenoxy) is 2. The van der Waals surface area contributed by atoms with Crippen molar-refractivity contribution in [2.75, 3.05) is 37.9 Å². The highest BCUT2D eigenvalue weighted by molar-refractivity contribution is 8.00. The van der Waals surface area contributed by atoms with Crippen molar-refractivity contribution in [3.8, 4) is 0 Å². The fraction of sp³-hybridized carbons (Fsp3) is 0.286. The Hall–Kier alpha value is -2.84. The van der Waals surface area contributed by atoms with Crippen LogP contribution in [-0.2, 0) is 19.1 Å². The van der Waals surface area contributed by atoms with Gasteiger partial charge in [0, 0.05) is 24.2 Å². The number of nitrogens with one attached hydrogen (secondary N) is 2. The van der Waals surface area contributed by atoms with E-state index in [2.05, 4.69) is 10.6 Å². The summed E-state index contributed by atoms with van der Waals surface area (Å²) in [6, 6.07) is 14.1. The van der Waals surface area contributed by atoms with Crippen molar-refractivity contribution in [3.05, 3.63) is 59.7 Å². The Morgan fingerprint density at radius 3 is 2.48 bits per heavy atom. The fourth-order valence-electron chi connectivity index (χ4n) is 2.36. The molecular weight excluding hydrogens is 392 g/mol. The molecule has 29 heavy (non-hydrogen) atoms. The first-order chi connectivity index (χ1) is 14.0. The fourth-order valence-corrected chi connectivity index (χ4v) is 3.23. The third-order valence-electron chi connectivity index (χ3n) is 3.85. The molecule has 2 rings (SSSR count). The minimum Gasteiger partial charge on any atom is -0.452 e. The number of hydrogen-bond acceptors (Lipinski definition) is 6. The molecule has 2 aromatic rings. The van der Waals surface area contributed by atoms with Crippen LogP contribution in [0.15, 0.2) is 53.4 Å². The van der Waals surface area contributed by atoms with Crippen LogP contribution in [0, 0.1) is 6.92 Å². The zero-order valence-corrected chi connectivity index (χ0v) is 17.2. The molecule has 2 aromatic carbocycles. The second-order valence-electron chi connectivity index (χ2n) is 6.07. The van der Waals surface area contributed by atoms with Crippen LogP contribution in [0.2, 0.25) is 0 Å². The predicted octanol–water partition coefficient (Wildman–Crippen LogP) is 2.65. The first-order valence-electron chi connectivity index (χ1n) is 9.01. The van der Waals surface area contributed by atoms with E-state index in [9.17, 15) is 14.4 Å². The summed E-state index contributed by atoms with van der Waals surface area (Å²) in [6.07, 6.45) is 0. The number of hydrogen-bond donors (Lipinski definition) is 2. The standard InChI is InChI=1S/C21H24N2O5S/c1-15-7-3-5-9-17(15)23-19(24)13-28-21(26)16-8-4-6-10-18(16)29-14-20(25)22-11-12-27-2/h3-10H,11-14H2,1-2H3,(H,22,25)(H,23,24). The Kier molecular flexibility index (Phi) is 9.20. The van der Waals surface area contributed by atoms with Crippen molar-refractivity contribution in [3.63, 3.8) is 0 Å². The molecule has 0 atom stereocenters. The highest BCUT2D eigenvalue weighted by Gasteiger charge is 2.16. The topological polar surface area (TPSA) is 93.7 Å². The predicted molar refractivity (Wildman–Crippen MR) is 112 cm³/mol. The van der Waals surface area contributed by atoms with Crippen LogP contribution in [0.4, 0.5) is 5.69 Å². The van der Waals surface area contributed by atoms with Gasteiger partial charge >= 0.3 is 5.97 Å². The molecule has 0 spiro atoms. The van der Waals surface area contributed by atoms with Crippen LogP contribution in [0.3, 0.4) is 0 Å². The van der Waals surface area contributed by atoms with Gasteiger partial charge in [0.05, 0.1) is 17.9 Å². The summed E-state index contributed by atoms with van der Waals surface area (Å²) < 4.78 is 10.0. The van der Waals surface area contributed by atoms with Gasteiger partial charge in [0.25, 0.3) is 5.91 Å². The third-order valence-corrected chi connectivity index (χ3v) is 4.92. The van der Waals surface area contributed by atoms with Crippen LogP contribution in [0.5, 0.6) is 0 Å². The molecule has 0 saturated heterocycles. The second-order valence-corrected chi connectivity index (χ2v) is 7.08. The van der Waals surface area contributed by atoms with Gasteiger partial charge in [-0.2, -0.15) is 0 Å². The van der Waals surface area contributed by atoms with Gasteiger partial charge in [-0.05, 0) is 30.7 Å². The molecule has 0 bridgehead atoms. The van der Waals surface area contributed by atoms with Crippen LogP contribution in [0.25, 0.3) is 0 Å². The zero-order chi connectivity index (χ0) is 21.1. The summed E-state index contributed by atoms with van der Waals surface area (Å²) in [5, 5.41) is 5.43. The number of para-hydroxylation sites is 1. The van der Waals surface area contributed by atoms with Crippen molar-refractivity contribution >= 4 is 35.2 Å². The number of rotatable bonds is 10. The van der Waals surface area contributed by atoms with Crippen LogP contribution < -0.4 is 10.6 Å². The Morgan fingerprint density at radius 1 is 1.00 bits per heavy atom. The first kappa shape index (κ1) is 22.4. The average molecular weight is 416 g/mol. The Balaban J connectivity index is 1.88. The summed E-state index contributed by atoms with van der Waals surface area (Å²) in [5.41, 5.74) is 1.90. The van der Waals surface area contributed by atoms with Crippen molar-refractivity contribution in [1.82, 2.24) is 5.32 Å². The molecule has 0 aliphatic carbocycles. The van der Waals surface area contributed by atoms with Crippen LogP contribution >= 0.6 is 11.8 Å². The highest BCUT2D eigenvalue weighted by atomic mass is 32.2. The van der Waals surface area contributed by atoms with E-state index in [0.29, 0.717) is 29.3 Å². The molecular formula is C21H24N2O5S. The lowest BCUT2D eigenvalue weighted by molar-refractivity contribution is -0.119. The number of esters is 1. The summed E-state index contributed by atoms with van der Waals surface area (Å²) in [4.78, 5) is 36.9. The van der Waals surface area contributed by atoms with Crippen LogP contribution in [-0.4, -0.2) is 50.4 Å². The van der Waals surface area contributed by atoms with E-state index >= 15 is 0 Å². The lowest BCUT2D eigenvalue weighted by atomic mass is 10.2. The number of anilines is 1. The summed E-state index contributed by atoms with van der Waals surface area (Å²) in [6.45, 7) is 2.34. The average Bonchev–Trinajstić information content (AvgIpc) is 2.72. The Bertz CT molecular complexity index is 856. The molecule has 8 heteroatoms. The van der Waals surface area contributed by atoms with Crippen molar-refractivity contribution in [2.24, 2.45) is 0 Å². The highest BCUT2D eigenvalue weighted by Crippen LogP contribution is 2.23. The number of benzene rings is 2. The molecule has 2 N–H and O–H groups in total. The van der Waals surface area contributed by atoms with Crippen molar-refractivity contribution in [1.29, 1.82) is 0 Å². The maximum Gasteiger partial charge on any atom is 0.339 e. The van der Waals surface area contributed by atoms with E-state index in [-0.39, 0.29) is 11.7 Å². The van der Waals surface area contributed by atoms with Gasteiger partial charge in [-0.25, -0.2) is 4.79 Å². The van der Waals surface area contributed by atoms with Crippen molar-refractivity contribution < 1.29 is 23.9 Å². The number of amides is 2. The number of methoxy groups -OCH3 is 1. The molecule has 0 aliphatic heterocycles. The number of carbonyl (C=O) groups is 3. The molecule has 0 aromatic heterocycles. The normalized spacial score (nSPS) is 10.3. The van der Waals surface area contributed by atoms with E-state index < -0.39 is 18.5 Å². The van der Waals surface area contributed by atoms with E-state index in [1.807, 2.05) is 25.1 Å². The van der Waals surface area contributed by atoms with Gasteiger partial charge in [0.15, 0.2) is 6.61 Å². The Labute approximate surface area is 174 Å². The monoisotopic (exact) mass is 416 g/mol. The minimum absolute atomic E-state index is 0.155. The van der Waals surface area contributed by atoms with Gasteiger partial charge in [-0.1, -0.05) is 30.3 Å². The molecule has 154 valence electrons. The second kappa shape index (κ2) is 11.9. The maximum absolute atomic E-state index is 12.4. The molecule has 0 heterocycles. The van der Waals surface area contributed by atoms with Crippen molar-refractivity contribution in [2.45, 2.75) is 11.8 Å². The lowest BCUT2D eigenvalue weighted by Gasteiger charge is -2.11. The van der Waals surface area contributed by atoms with Gasteiger partial charge in [0.1, 0.15) is 0 Å². The quantitative estimate of drug-likeness (QED) is 0.351. The molecule has 0 aliphatic rings. The molecule has 0 fully saturated rings. The minimum atomic E-state index is -0.618.